The Labute approximate surface area is 86.1 Å². The van der Waals surface area contributed by atoms with Crippen molar-refractivity contribution >= 4 is 5.91 Å². The minimum Gasteiger partial charge on any atom is -0.351 e. The van der Waals surface area contributed by atoms with Crippen LogP contribution in [0.1, 0.15) is 16.1 Å². The van der Waals surface area contributed by atoms with Crippen LogP contribution in [0, 0.1) is 0 Å². The summed E-state index contributed by atoms with van der Waals surface area (Å²) < 4.78 is 4.71. The van der Waals surface area contributed by atoms with Crippen molar-refractivity contribution in [2.24, 2.45) is 0 Å². The third-order valence-electron chi connectivity index (χ3n) is 1.86. The smallest absolute Gasteiger partial charge is 0.290 e. The van der Waals surface area contributed by atoms with E-state index >= 15 is 0 Å². The Morgan fingerprint density at radius 1 is 1.27 bits per heavy atom. The lowest BCUT2D eigenvalue weighted by Crippen LogP contribution is -2.22. The molecular formula is C10H9N3O2. The molecule has 0 aliphatic heterocycles. The molecule has 0 atom stereocenters. The Balaban J connectivity index is 1.92. The summed E-state index contributed by atoms with van der Waals surface area (Å²) in [6.07, 6.45) is 4.78. The van der Waals surface area contributed by atoms with E-state index in [-0.39, 0.29) is 11.7 Å². The fourth-order valence-electron chi connectivity index (χ4n) is 1.10. The van der Waals surface area contributed by atoms with Crippen molar-refractivity contribution in [3.8, 4) is 0 Å². The number of hydrogen-bond donors (Lipinski definition) is 1. The molecule has 0 saturated carbocycles. The maximum Gasteiger partial charge on any atom is 0.290 e. The predicted molar refractivity (Wildman–Crippen MR) is 51.9 cm³/mol. The van der Waals surface area contributed by atoms with Gasteiger partial charge >= 0.3 is 0 Å². The second-order valence-electron chi connectivity index (χ2n) is 2.91. The summed E-state index contributed by atoms with van der Waals surface area (Å²) in [5, 5.41) is 6.15. The van der Waals surface area contributed by atoms with Crippen LogP contribution in [0.15, 0.2) is 41.3 Å². The Kier molecular flexibility index (Phi) is 2.73. The molecule has 15 heavy (non-hydrogen) atoms. The maximum absolute atomic E-state index is 11.4. The molecule has 76 valence electrons. The summed E-state index contributed by atoms with van der Waals surface area (Å²) >= 11 is 0. The van der Waals surface area contributed by atoms with Gasteiger partial charge in [-0.25, -0.2) is 0 Å². The van der Waals surface area contributed by atoms with Gasteiger partial charge in [0.25, 0.3) is 5.91 Å². The van der Waals surface area contributed by atoms with Gasteiger partial charge in [0.1, 0.15) is 0 Å². The number of pyridine rings is 1. The lowest BCUT2D eigenvalue weighted by Gasteiger charge is -2.01. The van der Waals surface area contributed by atoms with E-state index in [1.807, 2.05) is 12.1 Å². The highest BCUT2D eigenvalue weighted by Gasteiger charge is 2.08. The van der Waals surface area contributed by atoms with Crippen LogP contribution in [-0.2, 0) is 6.54 Å². The van der Waals surface area contributed by atoms with E-state index in [0.29, 0.717) is 6.54 Å². The van der Waals surface area contributed by atoms with Crippen molar-refractivity contribution in [1.29, 1.82) is 0 Å². The van der Waals surface area contributed by atoms with Crippen LogP contribution < -0.4 is 5.32 Å². The molecule has 1 N–H and O–H groups in total. The second kappa shape index (κ2) is 4.36. The Morgan fingerprint density at radius 2 is 2.07 bits per heavy atom. The molecule has 0 fully saturated rings. The van der Waals surface area contributed by atoms with Gasteiger partial charge in [-0.1, -0.05) is 5.16 Å². The van der Waals surface area contributed by atoms with Gasteiger partial charge in [-0.3, -0.25) is 9.78 Å². The number of amides is 1. The van der Waals surface area contributed by atoms with Crippen molar-refractivity contribution in [3.63, 3.8) is 0 Å². The normalized spacial score (nSPS) is 9.87. The van der Waals surface area contributed by atoms with Gasteiger partial charge in [0.15, 0.2) is 0 Å². The number of aromatic nitrogens is 2. The minimum atomic E-state index is -0.274. The molecule has 2 rings (SSSR count). The van der Waals surface area contributed by atoms with Gasteiger partial charge in [0.05, 0.1) is 6.20 Å². The predicted octanol–water partition coefficient (Wildman–Crippen LogP) is 1.000. The molecular weight excluding hydrogens is 194 g/mol. The first-order chi connectivity index (χ1) is 7.36. The number of nitrogens with zero attached hydrogens (tertiary/aromatic N) is 2. The van der Waals surface area contributed by atoms with Crippen LogP contribution in [-0.4, -0.2) is 16.0 Å². The Bertz CT molecular complexity index is 425. The van der Waals surface area contributed by atoms with Crippen LogP contribution in [0.25, 0.3) is 0 Å². The lowest BCUT2D eigenvalue weighted by molar-refractivity contribution is 0.0914. The van der Waals surface area contributed by atoms with Gasteiger partial charge in [-0.05, 0) is 17.7 Å². The van der Waals surface area contributed by atoms with Crippen molar-refractivity contribution in [2.45, 2.75) is 6.54 Å². The molecule has 2 aromatic rings. The van der Waals surface area contributed by atoms with Crippen molar-refractivity contribution < 1.29 is 9.32 Å². The van der Waals surface area contributed by atoms with Gasteiger partial charge < -0.3 is 9.84 Å². The summed E-state index contributed by atoms with van der Waals surface area (Å²) in [6.45, 7) is 0.446. The number of hydrogen-bond acceptors (Lipinski definition) is 4. The van der Waals surface area contributed by atoms with Gasteiger partial charge in [-0.2, -0.15) is 0 Å². The summed E-state index contributed by atoms with van der Waals surface area (Å²) in [5.74, 6) is -0.0617. The monoisotopic (exact) mass is 203 g/mol. The van der Waals surface area contributed by atoms with E-state index in [1.165, 1.54) is 12.3 Å². The van der Waals surface area contributed by atoms with E-state index in [1.54, 1.807) is 12.4 Å². The van der Waals surface area contributed by atoms with Crippen LogP contribution >= 0.6 is 0 Å². The Morgan fingerprint density at radius 3 is 2.73 bits per heavy atom. The molecule has 0 aliphatic rings. The lowest BCUT2D eigenvalue weighted by atomic mass is 10.2. The fourth-order valence-corrected chi connectivity index (χ4v) is 1.10. The summed E-state index contributed by atoms with van der Waals surface area (Å²) in [6, 6.07) is 5.18. The molecule has 0 saturated heterocycles. The maximum atomic E-state index is 11.4. The molecule has 0 bridgehead atoms. The highest BCUT2D eigenvalue weighted by atomic mass is 16.5. The van der Waals surface area contributed by atoms with E-state index in [2.05, 4.69) is 15.5 Å². The third kappa shape index (κ3) is 2.40. The van der Waals surface area contributed by atoms with Gasteiger partial charge in [-0.15, -0.1) is 0 Å². The van der Waals surface area contributed by atoms with Gasteiger partial charge in [0, 0.05) is 25.0 Å². The molecule has 2 aromatic heterocycles. The molecule has 0 aromatic carbocycles. The van der Waals surface area contributed by atoms with E-state index in [0.717, 1.165) is 5.56 Å². The minimum absolute atomic E-state index is 0.212. The van der Waals surface area contributed by atoms with E-state index < -0.39 is 0 Å². The molecule has 0 unspecified atom stereocenters. The van der Waals surface area contributed by atoms with Gasteiger partial charge in [0.2, 0.25) is 5.76 Å². The van der Waals surface area contributed by atoms with E-state index in [9.17, 15) is 4.79 Å². The largest absolute Gasteiger partial charge is 0.351 e. The molecule has 2 heterocycles. The quantitative estimate of drug-likeness (QED) is 0.808. The number of carbonyl (C=O) groups excluding carboxylic acids is 1. The zero-order valence-electron chi connectivity index (χ0n) is 7.88. The highest BCUT2D eigenvalue weighted by molar-refractivity contribution is 5.91. The number of rotatable bonds is 3. The molecule has 0 aliphatic carbocycles. The molecule has 0 spiro atoms. The zero-order valence-corrected chi connectivity index (χ0v) is 7.88. The molecule has 5 nitrogen and oxygen atoms in total. The molecule has 1 amide bonds. The third-order valence-corrected chi connectivity index (χ3v) is 1.86. The highest BCUT2D eigenvalue weighted by Crippen LogP contribution is 1.99. The molecule has 5 heteroatoms. The topological polar surface area (TPSA) is 68.0 Å². The SMILES string of the molecule is O=C(NCc1ccncc1)c1ccno1. The van der Waals surface area contributed by atoms with Crippen LogP contribution in [0.5, 0.6) is 0 Å². The van der Waals surface area contributed by atoms with Crippen LogP contribution in [0.2, 0.25) is 0 Å². The van der Waals surface area contributed by atoms with Crippen molar-refractivity contribution in [1.82, 2.24) is 15.5 Å². The number of nitrogens with one attached hydrogen (secondary N) is 1. The van der Waals surface area contributed by atoms with E-state index in [4.69, 9.17) is 4.52 Å². The second-order valence-corrected chi connectivity index (χ2v) is 2.91. The number of carbonyl (C=O) groups is 1. The van der Waals surface area contributed by atoms with Crippen molar-refractivity contribution in [3.05, 3.63) is 48.1 Å². The fraction of sp³-hybridized carbons (Fsp3) is 0.100. The first-order valence-corrected chi connectivity index (χ1v) is 4.44. The van der Waals surface area contributed by atoms with Crippen LogP contribution in [0.3, 0.4) is 0 Å². The van der Waals surface area contributed by atoms with Crippen LogP contribution in [0.4, 0.5) is 0 Å². The zero-order chi connectivity index (χ0) is 10.5. The average Bonchev–Trinajstić information content (AvgIpc) is 2.81. The average molecular weight is 203 g/mol. The first-order valence-electron chi connectivity index (χ1n) is 4.44. The Hall–Kier alpha value is -2.17. The summed E-state index contributed by atoms with van der Waals surface area (Å²) in [7, 11) is 0. The summed E-state index contributed by atoms with van der Waals surface area (Å²) in [4.78, 5) is 15.3. The molecule has 0 radical (unpaired) electrons. The first kappa shape index (κ1) is 9.39. The standard InChI is InChI=1S/C10H9N3O2/c14-10(9-3-6-13-15-9)12-7-8-1-4-11-5-2-8/h1-6H,7H2,(H,12,14). The summed E-state index contributed by atoms with van der Waals surface area (Å²) in [5.41, 5.74) is 0.984. The van der Waals surface area contributed by atoms with Crippen molar-refractivity contribution in [2.75, 3.05) is 0 Å².